The van der Waals surface area contributed by atoms with Crippen molar-refractivity contribution in [3.8, 4) is 0 Å². The lowest BCUT2D eigenvalue weighted by Crippen LogP contribution is -2.46. The normalized spacial score (nSPS) is 22.8. The second-order valence-corrected chi connectivity index (χ2v) is 6.66. The van der Waals surface area contributed by atoms with Gasteiger partial charge in [-0.3, -0.25) is 24.6 Å². The molecule has 3 atom stereocenters. The average molecular weight is 365 g/mol. The highest BCUT2D eigenvalue weighted by Crippen LogP contribution is 2.36. The number of rotatable bonds is 5. The molecule has 1 aliphatic carbocycles. The molecule has 1 fully saturated rings. The Morgan fingerprint density at radius 2 is 1.65 bits per heavy atom. The molecule has 5 amide bonds. The number of hydrogen-bond donors (Lipinski definition) is 2. The van der Waals surface area contributed by atoms with E-state index in [4.69, 9.17) is 4.74 Å². The summed E-state index contributed by atoms with van der Waals surface area (Å²) < 4.78 is 4.84. The molecule has 0 radical (unpaired) electrons. The number of allylic oxidation sites excluding steroid dienone is 2. The minimum atomic E-state index is -1.13. The maximum atomic E-state index is 12.4. The second kappa shape index (κ2) is 8.11. The van der Waals surface area contributed by atoms with Crippen molar-refractivity contribution in [2.75, 3.05) is 6.61 Å². The SMILES string of the molecule is CC(C)NC(=O)NC(=O)COC(=O)[C@H](C)N1C(=O)[C@H]2CC=CC[C@H]2C1=O. The van der Waals surface area contributed by atoms with E-state index in [0.29, 0.717) is 12.8 Å². The van der Waals surface area contributed by atoms with Gasteiger partial charge in [0.05, 0.1) is 11.8 Å². The van der Waals surface area contributed by atoms with Crippen LogP contribution in [0.4, 0.5) is 4.79 Å². The number of esters is 1. The van der Waals surface area contributed by atoms with Crippen LogP contribution in [-0.4, -0.2) is 53.3 Å². The topological polar surface area (TPSA) is 122 Å². The van der Waals surface area contributed by atoms with Crippen molar-refractivity contribution in [3.63, 3.8) is 0 Å². The lowest BCUT2D eigenvalue weighted by Gasteiger charge is -2.21. The van der Waals surface area contributed by atoms with Crippen LogP contribution in [0, 0.1) is 11.8 Å². The Labute approximate surface area is 151 Å². The Hall–Kier alpha value is -2.71. The molecule has 2 rings (SSSR count). The highest BCUT2D eigenvalue weighted by atomic mass is 16.5. The Balaban J connectivity index is 1.88. The third kappa shape index (κ3) is 4.27. The number of nitrogens with zero attached hydrogens (tertiary/aromatic N) is 1. The van der Waals surface area contributed by atoms with Gasteiger partial charge in [0.25, 0.3) is 5.91 Å². The zero-order valence-electron chi connectivity index (χ0n) is 15.0. The maximum Gasteiger partial charge on any atom is 0.329 e. The van der Waals surface area contributed by atoms with Crippen LogP contribution in [0.15, 0.2) is 12.2 Å². The molecule has 0 spiro atoms. The van der Waals surface area contributed by atoms with Gasteiger partial charge in [-0.15, -0.1) is 0 Å². The molecule has 0 unspecified atom stereocenters. The van der Waals surface area contributed by atoms with E-state index < -0.39 is 54.2 Å². The van der Waals surface area contributed by atoms with Gasteiger partial charge in [0.1, 0.15) is 6.04 Å². The van der Waals surface area contributed by atoms with Crippen molar-refractivity contribution in [2.45, 2.75) is 45.7 Å². The third-order valence-corrected chi connectivity index (χ3v) is 4.29. The fraction of sp³-hybridized carbons (Fsp3) is 0.588. The predicted octanol–water partition coefficient (Wildman–Crippen LogP) is 0.104. The summed E-state index contributed by atoms with van der Waals surface area (Å²) in [4.78, 5) is 60.9. The molecular formula is C17H23N3O6. The van der Waals surface area contributed by atoms with E-state index in [0.717, 1.165) is 4.90 Å². The van der Waals surface area contributed by atoms with Crippen LogP contribution in [0.2, 0.25) is 0 Å². The van der Waals surface area contributed by atoms with E-state index in [1.807, 2.05) is 17.5 Å². The van der Waals surface area contributed by atoms with Crippen molar-refractivity contribution >= 4 is 29.7 Å². The number of amides is 5. The molecule has 9 heteroatoms. The summed E-state index contributed by atoms with van der Waals surface area (Å²) in [5, 5.41) is 4.47. The first kappa shape index (κ1) is 19.6. The standard InChI is InChI=1S/C17H23N3O6/c1-9(2)18-17(25)19-13(21)8-26-16(24)10(3)20-14(22)11-6-4-5-7-12(11)15(20)23/h4-5,9-12H,6-8H2,1-3H3,(H2,18,19,21,25)/t10-,11-,12+/m0/s1. The van der Waals surface area contributed by atoms with Crippen molar-refractivity contribution in [1.82, 2.24) is 15.5 Å². The Bertz CT molecular complexity index is 631. The second-order valence-electron chi connectivity index (χ2n) is 6.66. The van der Waals surface area contributed by atoms with E-state index in [1.54, 1.807) is 13.8 Å². The summed E-state index contributed by atoms with van der Waals surface area (Å²) in [6, 6.07) is -1.98. The molecule has 0 bridgehead atoms. The Morgan fingerprint density at radius 1 is 1.12 bits per heavy atom. The van der Waals surface area contributed by atoms with Crippen LogP contribution in [0.3, 0.4) is 0 Å². The van der Waals surface area contributed by atoms with Gasteiger partial charge in [-0.25, -0.2) is 9.59 Å². The van der Waals surface area contributed by atoms with Gasteiger partial charge in [0, 0.05) is 6.04 Å². The molecule has 0 saturated carbocycles. The van der Waals surface area contributed by atoms with Crippen LogP contribution in [-0.2, 0) is 23.9 Å². The zero-order chi connectivity index (χ0) is 19.4. The number of nitrogens with one attached hydrogen (secondary N) is 2. The maximum absolute atomic E-state index is 12.4. The number of fused-ring (bicyclic) bond motifs is 1. The molecule has 1 heterocycles. The highest BCUT2D eigenvalue weighted by molar-refractivity contribution is 6.08. The summed E-state index contributed by atoms with van der Waals surface area (Å²) in [6.07, 6.45) is 4.65. The van der Waals surface area contributed by atoms with Gasteiger partial charge < -0.3 is 10.1 Å². The summed E-state index contributed by atoms with van der Waals surface area (Å²) in [7, 11) is 0. The highest BCUT2D eigenvalue weighted by Gasteiger charge is 2.50. The number of likely N-dealkylation sites (tertiary alicyclic amines) is 1. The quantitative estimate of drug-likeness (QED) is 0.405. The van der Waals surface area contributed by atoms with Crippen LogP contribution < -0.4 is 10.6 Å². The van der Waals surface area contributed by atoms with Crippen LogP contribution in [0.1, 0.15) is 33.6 Å². The molecule has 9 nitrogen and oxygen atoms in total. The van der Waals surface area contributed by atoms with Gasteiger partial charge in [0.2, 0.25) is 11.8 Å². The Morgan fingerprint density at radius 3 is 2.15 bits per heavy atom. The van der Waals surface area contributed by atoms with E-state index in [9.17, 15) is 24.0 Å². The Kier molecular flexibility index (Phi) is 6.12. The molecule has 2 aliphatic rings. The van der Waals surface area contributed by atoms with Crippen LogP contribution in [0.25, 0.3) is 0 Å². The molecule has 1 saturated heterocycles. The largest absolute Gasteiger partial charge is 0.454 e. The van der Waals surface area contributed by atoms with Gasteiger partial charge in [-0.2, -0.15) is 0 Å². The van der Waals surface area contributed by atoms with Crippen molar-refractivity contribution in [3.05, 3.63) is 12.2 Å². The minimum absolute atomic E-state index is 0.157. The van der Waals surface area contributed by atoms with E-state index in [-0.39, 0.29) is 6.04 Å². The van der Waals surface area contributed by atoms with E-state index in [2.05, 4.69) is 5.32 Å². The van der Waals surface area contributed by atoms with Crippen molar-refractivity contribution in [2.24, 2.45) is 11.8 Å². The number of ether oxygens (including phenoxy) is 1. The number of imide groups is 2. The first-order valence-corrected chi connectivity index (χ1v) is 8.51. The van der Waals surface area contributed by atoms with Crippen molar-refractivity contribution in [1.29, 1.82) is 0 Å². The fourth-order valence-electron chi connectivity index (χ4n) is 3.03. The number of carbonyl (C=O) groups is 5. The van der Waals surface area contributed by atoms with Crippen LogP contribution >= 0.6 is 0 Å². The smallest absolute Gasteiger partial charge is 0.329 e. The lowest BCUT2D eigenvalue weighted by molar-refractivity contribution is -0.159. The molecular weight excluding hydrogens is 342 g/mol. The fourth-order valence-corrected chi connectivity index (χ4v) is 3.03. The predicted molar refractivity (Wildman–Crippen MR) is 89.4 cm³/mol. The summed E-state index contributed by atoms with van der Waals surface area (Å²) in [5.74, 6) is -3.35. The van der Waals surface area contributed by atoms with Crippen molar-refractivity contribution < 1.29 is 28.7 Å². The minimum Gasteiger partial charge on any atom is -0.454 e. The first-order chi connectivity index (χ1) is 12.2. The average Bonchev–Trinajstić information content (AvgIpc) is 2.82. The summed E-state index contributed by atoms with van der Waals surface area (Å²) in [6.45, 7) is 4.15. The monoisotopic (exact) mass is 365 g/mol. The molecule has 0 aromatic heterocycles. The molecule has 2 N–H and O–H groups in total. The van der Waals surface area contributed by atoms with E-state index in [1.165, 1.54) is 6.92 Å². The third-order valence-electron chi connectivity index (χ3n) is 4.29. The van der Waals surface area contributed by atoms with Gasteiger partial charge in [-0.05, 0) is 33.6 Å². The summed E-state index contributed by atoms with van der Waals surface area (Å²) in [5.41, 5.74) is 0. The number of carbonyl (C=O) groups excluding carboxylic acids is 5. The molecule has 0 aromatic carbocycles. The van der Waals surface area contributed by atoms with E-state index >= 15 is 0 Å². The molecule has 26 heavy (non-hydrogen) atoms. The first-order valence-electron chi connectivity index (χ1n) is 8.51. The molecule has 1 aliphatic heterocycles. The summed E-state index contributed by atoms with van der Waals surface area (Å²) >= 11 is 0. The molecule has 142 valence electrons. The van der Waals surface area contributed by atoms with Gasteiger partial charge in [-0.1, -0.05) is 12.2 Å². The van der Waals surface area contributed by atoms with Crippen LogP contribution in [0.5, 0.6) is 0 Å². The number of hydrogen-bond acceptors (Lipinski definition) is 6. The van der Waals surface area contributed by atoms with Gasteiger partial charge >= 0.3 is 12.0 Å². The number of urea groups is 1. The zero-order valence-corrected chi connectivity index (χ0v) is 15.0. The van der Waals surface area contributed by atoms with Gasteiger partial charge in [0.15, 0.2) is 6.61 Å². The molecule has 0 aromatic rings. The lowest BCUT2D eigenvalue weighted by atomic mass is 9.85.